The third-order valence-corrected chi connectivity index (χ3v) is 3.93. The fourth-order valence-corrected chi connectivity index (χ4v) is 2.63. The third kappa shape index (κ3) is 4.96. The molecule has 0 aliphatic rings. The van der Waals surface area contributed by atoms with Crippen molar-refractivity contribution in [3.8, 4) is 11.3 Å². The van der Waals surface area contributed by atoms with E-state index in [4.69, 9.17) is 0 Å². The zero-order valence-corrected chi connectivity index (χ0v) is 14.1. The van der Waals surface area contributed by atoms with E-state index in [1.165, 1.54) is 24.3 Å². The lowest BCUT2D eigenvalue weighted by molar-refractivity contribution is -0.120. The number of amides is 1. The molecule has 0 spiro atoms. The highest BCUT2D eigenvalue weighted by molar-refractivity contribution is 5.78. The van der Waals surface area contributed by atoms with E-state index < -0.39 is 0 Å². The number of nitrogens with zero attached hydrogens (tertiary/aromatic N) is 1. The first-order chi connectivity index (χ1) is 12.6. The molecule has 0 bridgehead atoms. The molecule has 1 aromatic heterocycles. The van der Waals surface area contributed by atoms with Crippen molar-refractivity contribution >= 4 is 5.91 Å². The van der Waals surface area contributed by atoms with Crippen LogP contribution in [0.25, 0.3) is 11.3 Å². The molecule has 1 N–H and O–H groups in total. The zero-order chi connectivity index (χ0) is 18.4. The van der Waals surface area contributed by atoms with Crippen LogP contribution in [0.3, 0.4) is 0 Å². The van der Waals surface area contributed by atoms with Gasteiger partial charge >= 0.3 is 0 Å². The van der Waals surface area contributed by atoms with E-state index in [2.05, 4.69) is 10.3 Å². The summed E-state index contributed by atoms with van der Waals surface area (Å²) in [6, 6.07) is 16.1. The predicted molar refractivity (Wildman–Crippen MR) is 96.4 cm³/mol. The van der Waals surface area contributed by atoms with Crippen LogP contribution in [0.2, 0.25) is 0 Å². The van der Waals surface area contributed by atoms with Crippen LogP contribution in [0.4, 0.5) is 8.78 Å². The first-order valence-corrected chi connectivity index (χ1v) is 8.32. The summed E-state index contributed by atoms with van der Waals surface area (Å²) in [4.78, 5) is 16.3. The second-order valence-electron chi connectivity index (χ2n) is 5.97. The second kappa shape index (κ2) is 8.34. The molecule has 5 heteroatoms. The van der Waals surface area contributed by atoms with E-state index >= 15 is 0 Å². The monoisotopic (exact) mass is 352 g/mol. The molecule has 2 aromatic carbocycles. The van der Waals surface area contributed by atoms with Crippen molar-refractivity contribution in [2.45, 2.75) is 12.8 Å². The average Bonchev–Trinajstić information content (AvgIpc) is 2.62. The maximum Gasteiger partial charge on any atom is 0.224 e. The molecule has 0 unspecified atom stereocenters. The molecule has 26 heavy (non-hydrogen) atoms. The fraction of sp³-hybridized carbons (Fsp3) is 0.143. The van der Waals surface area contributed by atoms with Gasteiger partial charge in [0.25, 0.3) is 0 Å². The molecular formula is C21H18F2N2O. The van der Waals surface area contributed by atoms with Gasteiger partial charge in [0, 0.05) is 18.3 Å². The molecule has 0 fully saturated rings. The fourth-order valence-electron chi connectivity index (χ4n) is 2.63. The normalized spacial score (nSPS) is 10.5. The van der Waals surface area contributed by atoms with Crippen molar-refractivity contribution in [3.05, 3.63) is 89.6 Å². The minimum atomic E-state index is -0.314. The summed E-state index contributed by atoms with van der Waals surface area (Å²) in [5, 5.41) is 2.81. The molecule has 132 valence electrons. The van der Waals surface area contributed by atoms with Crippen molar-refractivity contribution in [3.63, 3.8) is 0 Å². The molecule has 3 aromatic rings. The van der Waals surface area contributed by atoms with Crippen molar-refractivity contribution in [1.82, 2.24) is 10.3 Å². The number of rotatable bonds is 6. The Morgan fingerprint density at radius 2 is 1.69 bits per heavy atom. The van der Waals surface area contributed by atoms with Crippen molar-refractivity contribution in [2.24, 2.45) is 0 Å². The standard InChI is InChI=1S/C21H18F2N2O/c22-18-5-1-3-15(11-18)9-10-24-21(26)12-16-7-8-20(25-14-16)17-4-2-6-19(23)13-17/h1-8,11,13-14H,9-10,12H2,(H,24,26). The summed E-state index contributed by atoms with van der Waals surface area (Å²) in [5.41, 5.74) is 2.95. The molecule has 0 saturated heterocycles. The van der Waals surface area contributed by atoms with Crippen LogP contribution in [0.15, 0.2) is 66.9 Å². The van der Waals surface area contributed by atoms with Gasteiger partial charge < -0.3 is 5.32 Å². The molecule has 1 heterocycles. The Hall–Kier alpha value is -3.08. The first kappa shape index (κ1) is 17.7. The van der Waals surface area contributed by atoms with Gasteiger partial charge in [0.1, 0.15) is 11.6 Å². The molecule has 0 radical (unpaired) electrons. The van der Waals surface area contributed by atoms with Gasteiger partial charge in [-0.3, -0.25) is 9.78 Å². The predicted octanol–water partition coefficient (Wildman–Crippen LogP) is 3.93. The highest BCUT2D eigenvalue weighted by atomic mass is 19.1. The Balaban J connectivity index is 1.51. The van der Waals surface area contributed by atoms with E-state index in [0.29, 0.717) is 24.2 Å². The van der Waals surface area contributed by atoms with Crippen LogP contribution in [-0.4, -0.2) is 17.4 Å². The van der Waals surface area contributed by atoms with Crippen LogP contribution in [0.1, 0.15) is 11.1 Å². The number of halogens is 2. The topological polar surface area (TPSA) is 42.0 Å². The highest BCUT2D eigenvalue weighted by Gasteiger charge is 2.06. The van der Waals surface area contributed by atoms with E-state index in [1.807, 2.05) is 6.07 Å². The Morgan fingerprint density at radius 1 is 0.923 bits per heavy atom. The second-order valence-corrected chi connectivity index (χ2v) is 5.97. The van der Waals surface area contributed by atoms with Gasteiger partial charge in [-0.1, -0.05) is 30.3 Å². The molecule has 0 saturated carbocycles. The van der Waals surface area contributed by atoms with Crippen LogP contribution in [-0.2, 0) is 17.6 Å². The molecule has 3 rings (SSSR count). The molecule has 0 aliphatic carbocycles. The largest absolute Gasteiger partial charge is 0.355 e. The van der Waals surface area contributed by atoms with Gasteiger partial charge in [0.05, 0.1) is 12.1 Å². The summed E-state index contributed by atoms with van der Waals surface area (Å²) in [7, 11) is 0. The summed E-state index contributed by atoms with van der Waals surface area (Å²) in [6.07, 6.45) is 2.40. The summed E-state index contributed by atoms with van der Waals surface area (Å²) < 4.78 is 26.4. The van der Waals surface area contributed by atoms with Crippen LogP contribution in [0, 0.1) is 11.6 Å². The Kier molecular flexibility index (Phi) is 5.69. The average molecular weight is 352 g/mol. The van der Waals surface area contributed by atoms with Gasteiger partial charge in [0.2, 0.25) is 5.91 Å². The number of carbonyl (C=O) groups excluding carboxylic acids is 1. The Morgan fingerprint density at radius 3 is 2.38 bits per heavy atom. The van der Waals surface area contributed by atoms with Crippen molar-refractivity contribution in [1.29, 1.82) is 0 Å². The maximum atomic E-state index is 13.3. The SMILES string of the molecule is O=C(Cc1ccc(-c2cccc(F)c2)nc1)NCCc1cccc(F)c1. The van der Waals surface area contributed by atoms with Gasteiger partial charge in [0.15, 0.2) is 0 Å². The number of hydrogen-bond acceptors (Lipinski definition) is 2. The Bertz CT molecular complexity index is 895. The first-order valence-electron chi connectivity index (χ1n) is 8.32. The quantitative estimate of drug-likeness (QED) is 0.730. The van der Waals surface area contributed by atoms with E-state index in [1.54, 1.807) is 36.5 Å². The van der Waals surface area contributed by atoms with Gasteiger partial charge in [-0.25, -0.2) is 8.78 Å². The van der Waals surface area contributed by atoms with Crippen LogP contribution in [0.5, 0.6) is 0 Å². The van der Waals surface area contributed by atoms with Crippen molar-refractivity contribution in [2.75, 3.05) is 6.54 Å². The molecule has 3 nitrogen and oxygen atoms in total. The van der Waals surface area contributed by atoms with Gasteiger partial charge in [-0.05, 0) is 47.9 Å². The van der Waals surface area contributed by atoms with E-state index in [9.17, 15) is 13.6 Å². The summed E-state index contributed by atoms with van der Waals surface area (Å²) >= 11 is 0. The number of nitrogens with one attached hydrogen (secondary N) is 1. The number of hydrogen-bond donors (Lipinski definition) is 1. The zero-order valence-electron chi connectivity index (χ0n) is 14.1. The van der Waals surface area contributed by atoms with E-state index in [-0.39, 0.29) is 24.0 Å². The summed E-state index contributed by atoms with van der Waals surface area (Å²) in [6.45, 7) is 0.442. The third-order valence-electron chi connectivity index (χ3n) is 3.93. The number of benzene rings is 2. The number of carbonyl (C=O) groups is 1. The molecule has 0 aliphatic heterocycles. The highest BCUT2D eigenvalue weighted by Crippen LogP contribution is 2.18. The minimum absolute atomic E-state index is 0.123. The van der Waals surface area contributed by atoms with Crippen LogP contribution < -0.4 is 5.32 Å². The lowest BCUT2D eigenvalue weighted by Gasteiger charge is -2.07. The maximum absolute atomic E-state index is 13.3. The number of aromatic nitrogens is 1. The Labute approximate surface area is 150 Å². The van der Waals surface area contributed by atoms with E-state index in [0.717, 1.165) is 11.1 Å². The smallest absolute Gasteiger partial charge is 0.224 e. The molecule has 0 atom stereocenters. The lowest BCUT2D eigenvalue weighted by Crippen LogP contribution is -2.27. The lowest BCUT2D eigenvalue weighted by atomic mass is 10.1. The van der Waals surface area contributed by atoms with Gasteiger partial charge in [-0.2, -0.15) is 0 Å². The molecule has 1 amide bonds. The van der Waals surface area contributed by atoms with Crippen LogP contribution >= 0.6 is 0 Å². The van der Waals surface area contributed by atoms with Gasteiger partial charge in [-0.15, -0.1) is 0 Å². The van der Waals surface area contributed by atoms with Crippen molar-refractivity contribution < 1.29 is 13.6 Å². The minimum Gasteiger partial charge on any atom is -0.355 e. The molecular weight excluding hydrogens is 334 g/mol. The number of pyridine rings is 1. The summed E-state index contributed by atoms with van der Waals surface area (Å²) in [5.74, 6) is -0.717.